The summed E-state index contributed by atoms with van der Waals surface area (Å²) in [6, 6.07) is 1.58. The highest BCUT2D eigenvalue weighted by Gasteiger charge is 2.23. The molecule has 0 bridgehead atoms. The summed E-state index contributed by atoms with van der Waals surface area (Å²) in [5, 5.41) is 12.7. The molecule has 0 spiro atoms. The first kappa shape index (κ1) is 14.3. The monoisotopic (exact) mass is 303 g/mol. The second-order valence-electron chi connectivity index (χ2n) is 4.89. The number of carbonyl (C=O) groups is 1. The lowest BCUT2D eigenvalue weighted by molar-refractivity contribution is 0.0368. The van der Waals surface area contributed by atoms with Gasteiger partial charge >= 0.3 is 0 Å². The van der Waals surface area contributed by atoms with Gasteiger partial charge in [-0.2, -0.15) is 0 Å². The van der Waals surface area contributed by atoms with Crippen molar-refractivity contribution in [1.29, 1.82) is 0 Å². The van der Waals surface area contributed by atoms with Gasteiger partial charge in [0.15, 0.2) is 4.67 Å². The molecule has 2 N–H and O–H groups in total. The molecule has 5 heteroatoms. The molecule has 0 fully saturated rings. The summed E-state index contributed by atoms with van der Waals surface area (Å²) in [7, 11) is 0. The van der Waals surface area contributed by atoms with Crippen molar-refractivity contribution >= 4 is 21.8 Å². The van der Waals surface area contributed by atoms with Crippen molar-refractivity contribution in [3.63, 3.8) is 0 Å². The van der Waals surface area contributed by atoms with E-state index in [4.69, 9.17) is 4.42 Å². The van der Waals surface area contributed by atoms with Gasteiger partial charge in [0, 0.05) is 6.54 Å². The molecule has 0 radical (unpaired) electrons. The number of halogens is 1. The Bertz CT molecular complexity index is 385. The van der Waals surface area contributed by atoms with Crippen molar-refractivity contribution in [3.05, 3.63) is 22.6 Å². The van der Waals surface area contributed by atoms with Gasteiger partial charge in [-0.15, -0.1) is 0 Å². The number of carbonyl (C=O) groups excluding carboxylic acids is 1. The quantitative estimate of drug-likeness (QED) is 0.879. The van der Waals surface area contributed by atoms with Gasteiger partial charge in [-0.1, -0.05) is 13.8 Å². The van der Waals surface area contributed by atoms with Crippen LogP contribution in [0.1, 0.15) is 37.6 Å². The molecule has 0 aliphatic rings. The van der Waals surface area contributed by atoms with Crippen LogP contribution in [0, 0.1) is 5.92 Å². The van der Waals surface area contributed by atoms with E-state index < -0.39 is 5.60 Å². The van der Waals surface area contributed by atoms with Gasteiger partial charge in [0.2, 0.25) is 0 Å². The molecule has 1 heterocycles. The van der Waals surface area contributed by atoms with Crippen LogP contribution in [0.15, 0.2) is 21.4 Å². The number of furan rings is 1. The van der Waals surface area contributed by atoms with E-state index >= 15 is 0 Å². The highest BCUT2D eigenvalue weighted by molar-refractivity contribution is 9.10. The topological polar surface area (TPSA) is 62.5 Å². The van der Waals surface area contributed by atoms with Crippen molar-refractivity contribution in [2.24, 2.45) is 5.92 Å². The lowest BCUT2D eigenvalue weighted by Gasteiger charge is -2.25. The number of rotatable bonds is 5. The first-order valence-electron chi connectivity index (χ1n) is 5.55. The Morgan fingerprint density at radius 2 is 2.29 bits per heavy atom. The summed E-state index contributed by atoms with van der Waals surface area (Å²) in [5.74, 6) is 0.122. The predicted molar refractivity (Wildman–Crippen MR) is 68.8 cm³/mol. The maximum Gasteiger partial charge on any atom is 0.255 e. The Morgan fingerprint density at radius 1 is 1.65 bits per heavy atom. The first-order chi connectivity index (χ1) is 7.82. The predicted octanol–water partition coefficient (Wildman–Crippen LogP) is 2.57. The molecule has 1 unspecified atom stereocenters. The molecule has 17 heavy (non-hydrogen) atoms. The molecule has 0 aromatic carbocycles. The number of aliphatic hydroxyl groups is 1. The smallest absolute Gasteiger partial charge is 0.255 e. The average molecular weight is 304 g/mol. The lowest BCUT2D eigenvalue weighted by atomic mass is 9.94. The third kappa shape index (κ3) is 4.52. The van der Waals surface area contributed by atoms with Gasteiger partial charge < -0.3 is 14.8 Å². The van der Waals surface area contributed by atoms with Crippen LogP contribution >= 0.6 is 15.9 Å². The minimum absolute atomic E-state index is 0.224. The van der Waals surface area contributed by atoms with Crippen molar-refractivity contribution in [1.82, 2.24) is 5.32 Å². The summed E-state index contributed by atoms with van der Waals surface area (Å²) >= 11 is 3.14. The molecular weight excluding hydrogens is 286 g/mol. The standard InChI is InChI=1S/C12H18BrNO3/c1-8(2)6-12(3,16)7-14-11(15)9-4-5-17-10(9)13/h4-5,8,16H,6-7H2,1-3H3,(H,14,15). The van der Waals surface area contributed by atoms with Crippen LogP contribution in [0.3, 0.4) is 0 Å². The Hall–Kier alpha value is -0.810. The molecule has 1 aromatic rings. The summed E-state index contributed by atoms with van der Waals surface area (Å²) in [5.41, 5.74) is -0.453. The summed E-state index contributed by atoms with van der Waals surface area (Å²) in [6.07, 6.45) is 2.07. The normalized spacial score (nSPS) is 14.7. The van der Waals surface area contributed by atoms with Crippen molar-refractivity contribution in [2.45, 2.75) is 32.8 Å². The third-order valence-corrected chi connectivity index (χ3v) is 2.95. The number of hydrogen-bond donors (Lipinski definition) is 2. The maximum atomic E-state index is 11.7. The molecular formula is C12H18BrNO3. The largest absolute Gasteiger partial charge is 0.457 e. The minimum atomic E-state index is -0.889. The summed E-state index contributed by atoms with van der Waals surface area (Å²) < 4.78 is 5.38. The van der Waals surface area contributed by atoms with Crippen LogP contribution in [0.5, 0.6) is 0 Å². The summed E-state index contributed by atoms with van der Waals surface area (Å²) in [6.45, 7) is 6.01. The summed E-state index contributed by atoms with van der Waals surface area (Å²) in [4.78, 5) is 11.7. The average Bonchev–Trinajstić information content (AvgIpc) is 2.59. The maximum absolute atomic E-state index is 11.7. The highest BCUT2D eigenvalue weighted by Crippen LogP contribution is 2.18. The Kier molecular flexibility index (Phi) is 4.77. The zero-order valence-electron chi connectivity index (χ0n) is 10.3. The molecule has 1 rings (SSSR count). The number of nitrogens with one attached hydrogen (secondary N) is 1. The van der Waals surface area contributed by atoms with Gasteiger partial charge in [0.1, 0.15) is 0 Å². The molecule has 0 saturated carbocycles. The van der Waals surface area contributed by atoms with Crippen LogP contribution in [0.25, 0.3) is 0 Å². The van der Waals surface area contributed by atoms with Crippen molar-refractivity contribution in [3.8, 4) is 0 Å². The van der Waals surface area contributed by atoms with E-state index in [1.54, 1.807) is 13.0 Å². The highest BCUT2D eigenvalue weighted by atomic mass is 79.9. The molecule has 1 aromatic heterocycles. The fourth-order valence-corrected chi connectivity index (χ4v) is 2.19. The van der Waals surface area contributed by atoms with Gasteiger partial charge in [0.05, 0.1) is 17.4 Å². The molecule has 1 amide bonds. The zero-order valence-corrected chi connectivity index (χ0v) is 11.9. The van der Waals surface area contributed by atoms with E-state index in [-0.39, 0.29) is 12.5 Å². The third-order valence-electron chi connectivity index (χ3n) is 2.34. The fourth-order valence-electron chi connectivity index (χ4n) is 1.77. The molecule has 4 nitrogen and oxygen atoms in total. The molecule has 0 aliphatic heterocycles. The van der Waals surface area contributed by atoms with Crippen LogP contribution in [-0.2, 0) is 0 Å². The Morgan fingerprint density at radius 3 is 2.76 bits per heavy atom. The fraction of sp³-hybridized carbons (Fsp3) is 0.583. The van der Waals surface area contributed by atoms with Crippen LogP contribution in [0.4, 0.5) is 0 Å². The van der Waals surface area contributed by atoms with E-state index in [0.717, 1.165) is 0 Å². The second kappa shape index (κ2) is 5.69. The van der Waals surface area contributed by atoms with Crippen molar-refractivity contribution in [2.75, 3.05) is 6.54 Å². The van der Waals surface area contributed by atoms with Gasteiger partial charge in [-0.05, 0) is 41.3 Å². The van der Waals surface area contributed by atoms with Crippen LogP contribution in [-0.4, -0.2) is 23.2 Å². The van der Waals surface area contributed by atoms with Crippen LogP contribution in [0.2, 0.25) is 0 Å². The van der Waals surface area contributed by atoms with E-state index in [0.29, 0.717) is 22.6 Å². The molecule has 0 aliphatic carbocycles. The van der Waals surface area contributed by atoms with Crippen LogP contribution < -0.4 is 5.32 Å². The SMILES string of the molecule is CC(C)CC(C)(O)CNC(=O)c1ccoc1Br. The second-order valence-corrected chi connectivity index (χ2v) is 5.61. The van der Waals surface area contributed by atoms with E-state index in [1.807, 2.05) is 13.8 Å². The van der Waals surface area contributed by atoms with E-state index in [9.17, 15) is 9.90 Å². The minimum Gasteiger partial charge on any atom is -0.457 e. The lowest BCUT2D eigenvalue weighted by Crippen LogP contribution is -2.41. The van der Waals surface area contributed by atoms with E-state index in [1.165, 1.54) is 6.26 Å². The molecule has 1 atom stereocenters. The molecule has 96 valence electrons. The van der Waals surface area contributed by atoms with E-state index in [2.05, 4.69) is 21.2 Å². The van der Waals surface area contributed by atoms with Gasteiger partial charge in [-0.3, -0.25) is 4.79 Å². The Labute approximate surface area is 110 Å². The van der Waals surface area contributed by atoms with Gasteiger partial charge in [0.25, 0.3) is 5.91 Å². The van der Waals surface area contributed by atoms with Gasteiger partial charge in [-0.25, -0.2) is 0 Å². The Balaban J connectivity index is 2.51. The zero-order chi connectivity index (χ0) is 13.1. The first-order valence-corrected chi connectivity index (χ1v) is 6.35. The molecule has 0 saturated heterocycles. The number of hydrogen-bond acceptors (Lipinski definition) is 3. The number of amides is 1. The van der Waals surface area contributed by atoms with Crippen molar-refractivity contribution < 1.29 is 14.3 Å².